The first-order valence-electron chi connectivity index (χ1n) is 8.46. The molecule has 0 spiro atoms. The smallest absolute Gasteiger partial charge is 0.318 e. The number of amides is 2. The number of nitrogens with zero attached hydrogens (tertiary/aromatic N) is 2. The van der Waals surface area contributed by atoms with Gasteiger partial charge in [-0.05, 0) is 31.4 Å². The van der Waals surface area contributed by atoms with E-state index >= 15 is 0 Å². The molecular formula is C18H23N3O3S. The molecule has 2 heterocycles. The third kappa shape index (κ3) is 4.11. The van der Waals surface area contributed by atoms with Crippen LogP contribution in [0.5, 0.6) is 5.75 Å². The van der Waals surface area contributed by atoms with Gasteiger partial charge in [-0.1, -0.05) is 12.1 Å². The lowest BCUT2D eigenvalue weighted by atomic mass is 10.0. The lowest BCUT2D eigenvalue weighted by molar-refractivity contribution is 0.108. The summed E-state index contributed by atoms with van der Waals surface area (Å²) in [5.41, 5.74) is 0.948. The molecule has 2 N–H and O–H groups in total. The highest BCUT2D eigenvalue weighted by molar-refractivity contribution is 7.15. The lowest BCUT2D eigenvalue weighted by Gasteiger charge is -2.34. The number of hydrogen-bond donors (Lipinski definition) is 2. The summed E-state index contributed by atoms with van der Waals surface area (Å²) in [6, 6.07) is 7.56. The summed E-state index contributed by atoms with van der Waals surface area (Å²) in [6.07, 6.45) is 4.70. The minimum atomic E-state index is -0.119. The van der Waals surface area contributed by atoms with Crippen molar-refractivity contribution in [3.63, 3.8) is 0 Å². The molecule has 1 aromatic carbocycles. The van der Waals surface area contributed by atoms with Crippen molar-refractivity contribution in [2.75, 3.05) is 20.3 Å². The van der Waals surface area contributed by atoms with E-state index in [1.165, 1.54) is 11.3 Å². The summed E-state index contributed by atoms with van der Waals surface area (Å²) in [4.78, 5) is 19.6. The number of nitrogens with one attached hydrogen (secondary N) is 1. The zero-order valence-electron chi connectivity index (χ0n) is 14.3. The first-order valence-corrected chi connectivity index (χ1v) is 9.28. The molecule has 134 valence electrons. The number of benzene rings is 1. The molecule has 25 heavy (non-hydrogen) atoms. The third-order valence-corrected chi connectivity index (χ3v) is 5.43. The number of thiazole rings is 1. The monoisotopic (exact) mass is 361 g/mol. The minimum Gasteiger partial charge on any atom is -0.496 e. The van der Waals surface area contributed by atoms with E-state index in [0.29, 0.717) is 13.1 Å². The Labute approximate surface area is 151 Å². The molecule has 1 aromatic heterocycles. The number of urea groups is 1. The molecule has 1 aliphatic rings. The van der Waals surface area contributed by atoms with Crippen LogP contribution in [-0.4, -0.2) is 47.3 Å². The molecule has 1 aliphatic heterocycles. The Bertz CT molecular complexity index is 719. The highest BCUT2D eigenvalue weighted by atomic mass is 32.1. The van der Waals surface area contributed by atoms with E-state index in [-0.39, 0.29) is 18.7 Å². The molecule has 1 atom stereocenters. The number of aliphatic hydroxyl groups is 1. The molecule has 7 heteroatoms. The van der Waals surface area contributed by atoms with Gasteiger partial charge in [0.15, 0.2) is 0 Å². The number of likely N-dealkylation sites (tertiary alicyclic amines) is 1. The first-order chi connectivity index (χ1) is 12.2. The van der Waals surface area contributed by atoms with E-state index in [1.54, 1.807) is 18.2 Å². The number of methoxy groups -OCH3 is 1. The van der Waals surface area contributed by atoms with Crippen LogP contribution in [0, 0.1) is 0 Å². The van der Waals surface area contributed by atoms with Gasteiger partial charge in [0.25, 0.3) is 0 Å². The predicted molar refractivity (Wildman–Crippen MR) is 97.8 cm³/mol. The Balaban J connectivity index is 1.63. The fraction of sp³-hybridized carbons (Fsp3) is 0.444. The molecule has 0 bridgehead atoms. The van der Waals surface area contributed by atoms with Crippen LogP contribution in [0.25, 0.3) is 10.6 Å². The molecule has 2 amide bonds. The molecular weight excluding hydrogens is 338 g/mol. The lowest BCUT2D eigenvalue weighted by Crippen LogP contribution is -2.49. The number of rotatable bonds is 5. The molecule has 1 fully saturated rings. The normalized spacial score (nSPS) is 17.4. The Kier molecular flexibility index (Phi) is 5.88. The highest BCUT2D eigenvalue weighted by Crippen LogP contribution is 2.32. The largest absolute Gasteiger partial charge is 0.496 e. The Morgan fingerprint density at radius 2 is 2.28 bits per heavy atom. The van der Waals surface area contributed by atoms with Crippen molar-refractivity contribution in [2.45, 2.75) is 31.8 Å². The van der Waals surface area contributed by atoms with Crippen LogP contribution in [0.15, 0.2) is 30.5 Å². The third-order valence-electron chi connectivity index (χ3n) is 4.40. The van der Waals surface area contributed by atoms with Gasteiger partial charge in [-0.15, -0.1) is 11.3 Å². The summed E-state index contributed by atoms with van der Waals surface area (Å²) >= 11 is 1.54. The molecule has 1 saturated heterocycles. The molecule has 0 radical (unpaired) electrons. The molecule has 0 saturated carbocycles. The number of hydrogen-bond acceptors (Lipinski definition) is 5. The Morgan fingerprint density at radius 3 is 3.08 bits per heavy atom. The maximum absolute atomic E-state index is 12.4. The van der Waals surface area contributed by atoms with Crippen LogP contribution < -0.4 is 10.1 Å². The number of para-hydroxylation sites is 1. The van der Waals surface area contributed by atoms with Gasteiger partial charge >= 0.3 is 6.03 Å². The highest BCUT2D eigenvalue weighted by Gasteiger charge is 2.25. The predicted octanol–water partition coefficient (Wildman–Crippen LogP) is 2.88. The van der Waals surface area contributed by atoms with E-state index in [2.05, 4.69) is 10.3 Å². The van der Waals surface area contributed by atoms with Gasteiger partial charge in [0.2, 0.25) is 0 Å². The van der Waals surface area contributed by atoms with Gasteiger partial charge in [0.05, 0.1) is 31.9 Å². The maximum Gasteiger partial charge on any atom is 0.318 e. The average molecular weight is 361 g/mol. The summed E-state index contributed by atoms with van der Waals surface area (Å²) in [7, 11) is 1.64. The van der Waals surface area contributed by atoms with Crippen LogP contribution in [0.4, 0.5) is 4.79 Å². The zero-order valence-corrected chi connectivity index (χ0v) is 15.1. The average Bonchev–Trinajstić information content (AvgIpc) is 3.14. The number of aromatic nitrogens is 1. The summed E-state index contributed by atoms with van der Waals surface area (Å²) in [5, 5.41) is 13.2. The topological polar surface area (TPSA) is 74.7 Å². The van der Waals surface area contributed by atoms with Crippen molar-refractivity contribution in [3.05, 3.63) is 35.3 Å². The number of carbonyl (C=O) groups is 1. The Morgan fingerprint density at radius 1 is 1.44 bits per heavy atom. The van der Waals surface area contributed by atoms with Crippen LogP contribution >= 0.6 is 11.3 Å². The second-order valence-electron chi connectivity index (χ2n) is 6.02. The molecule has 3 rings (SSSR count). The van der Waals surface area contributed by atoms with Crippen molar-refractivity contribution in [1.29, 1.82) is 0 Å². The van der Waals surface area contributed by atoms with Gasteiger partial charge in [-0.25, -0.2) is 9.78 Å². The van der Waals surface area contributed by atoms with E-state index in [1.807, 2.05) is 24.3 Å². The molecule has 0 unspecified atom stereocenters. The standard InChI is InChI=1S/C18H23N3O3S/c1-24-16-8-3-2-7-15(16)17-19-10-14(25-17)11-20-18(23)21-9-5-4-6-13(21)12-22/h2-3,7-8,10,13,22H,4-6,9,11-12H2,1H3,(H,20,23)/t13-/m0/s1. The van der Waals surface area contributed by atoms with Crippen molar-refractivity contribution >= 4 is 17.4 Å². The second kappa shape index (κ2) is 8.31. The first kappa shape index (κ1) is 17.7. The van der Waals surface area contributed by atoms with E-state index in [9.17, 15) is 9.90 Å². The van der Waals surface area contributed by atoms with Gasteiger partial charge in [0, 0.05) is 17.6 Å². The van der Waals surface area contributed by atoms with Crippen LogP contribution in [-0.2, 0) is 6.54 Å². The van der Waals surface area contributed by atoms with Gasteiger partial charge in [-0.2, -0.15) is 0 Å². The van der Waals surface area contributed by atoms with E-state index < -0.39 is 0 Å². The SMILES string of the molecule is COc1ccccc1-c1ncc(CNC(=O)N2CCCC[C@H]2CO)s1. The second-order valence-corrected chi connectivity index (χ2v) is 7.13. The van der Waals surface area contributed by atoms with Crippen LogP contribution in [0.3, 0.4) is 0 Å². The summed E-state index contributed by atoms with van der Waals surface area (Å²) in [5.74, 6) is 0.784. The molecule has 2 aromatic rings. The quantitative estimate of drug-likeness (QED) is 0.859. The van der Waals surface area contributed by atoms with Crippen LogP contribution in [0.2, 0.25) is 0 Å². The van der Waals surface area contributed by atoms with Crippen LogP contribution in [0.1, 0.15) is 24.1 Å². The van der Waals surface area contributed by atoms with Crippen molar-refractivity contribution in [3.8, 4) is 16.3 Å². The fourth-order valence-corrected chi connectivity index (χ4v) is 3.94. The van der Waals surface area contributed by atoms with Gasteiger partial charge in [0.1, 0.15) is 10.8 Å². The molecule has 6 nitrogen and oxygen atoms in total. The fourth-order valence-electron chi connectivity index (χ4n) is 3.06. The minimum absolute atomic E-state index is 0.0198. The zero-order chi connectivity index (χ0) is 17.6. The van der Waals surface area contributed by atoms with Crippen molar-refractivity contribution in [2.24, 2.45) is 0 Å². The number of piperidine rings is 1. The number of carbonyl (C=O) groups excluding carboxylic acids is 1. The van der Waals surface area contributed by atoms with E-state index in [4.69, 9.17) is 4.74 Å². The van der Waals surface area contributed by atoms with E-state index in [0.717, 1.165) is 40.5 Å². The summed E-state index contributed by atoms with van der Waals surface area (Å²) < 4.78 is 5.38. The Hall–Kier alpha value is -2.12. The van der Waals surface area contributed by atoms with Gasteiger partial charge in [-0.3, -0.25) is 0 Å². The van der Waals surface area contributed by atoms with Crippen molar-refractivity contribution in [1.82, 2.24) is 15.2 Å². The van der Waals surface area contributed by atoms with Gasteiger partial charge < -0.3 is 20.1 Å². The number of aliphatic hydroxyl groups excluding tert-OH is 1. The maximum atomic E-state index is 12.4. The summed E-state index contributed by atoms with van der Waals surface area (Å²) in [6.45, 7) is 1.15. The van der Waals surface area contributed by atoms with Crippen molar-refractivity contribution < 1.29 is 14.6 Å². The molecule has 0 aliphatic carbocycles. The number of ether oxygens (including phenoxy) is 1.